The van der Waals surface area contributed by atoms with Gasteiger partial charge >= 0.3 is 5.97 Å². The van der Waals surface area contributed by atoms with Crippen molar-refractivity contribution in [2.45, 2.75) is 111 Å². The second-order valence-corrected chi connectivity index (χ2v) is 7.82. The highest BCUT2D eigenvalue weighted by molar-refractivity contribution is 5.83. The molecule has 0 heterocycles. The highest BCUT2D eigenvalue weighted by atomic mass is 16.4. The van der Waals surface area contributed by atoms with E-state index in [-0.39, 0.29) is 18.2 Å². The van der Waals surface area contributed by atoms with Crippen molar-refractivity contribution >= 4 is 11.9 Å². The first-order chi connectivity index (χ1) is 13.6. The van der Waals surface area contributed by atoms with Crippen molar-refractivity contribution in [2.75, 3.05) is 13.1 Å². The summed E-state index contributed by atoms with van der Waals surface area (Å²) in [4.78, 5) is 25.3. The Kier molecular flexibility index (Phi) is 18.1. The maximum absolute atomic E-state index is 12.5. The minimum absolute atomic E-state index is 0.00822. The molecule has 0 aliphatic heterocycles. The molecule has 0 saturated carbocycles. The lowest BCUT2D eigenvalue weighted by Crippen LogP contribution is -2.36. The Labute approximate surface area is 173 Å². The van der Waals surface area contributed by atoms with Crippen LogP contribution in [-0.2, 0) is 9.59 Å². The van der Waals surface area contributed by atoms with E-state index in [0.717, 1.165) is 12.8 Å². The lowest BCUT2D eigenvalue weighted by Gasteiger charge is -2.24. The van der Waals surface area contributed by atoms with Gasteiger partial charge in [0.25, 0.3) is 0 Å². The van der Waals surface area contributed by atoms with E-state index in [1.165, 1.54) is 64.2 Å². The fourth-order valence-corrected chi connectivity index (χ4v) is 3.60. The van der Waals surface area contributed by atoms with Crippen molar-refractivity contribution in [1.82, 2.24) is 4.90 Å². The topological polar surface area (TPSA) is 57.6 Å². The van der Waals surface area contributed by atoms with Gasteiger partial charge < -0.3 is 10.0 Å². The number of carbonyl (C=O) groups is 2. The summed E-state index contributed by atoms with van der Waals surface area (Å²) in [7, 11) is 0. The number of aliphatic carboxylic acids is 1. The maximum atomic E-state index is 12.5. The molecule has 0 aromatic rings. The average molecular weight is 396 g/mol. The third-order valence-electron chi connectivity index (χ3n) is 5.41. The second-order valence-electron chi connectivity index (χ2n) is 7.82. The molecule has 0 bridgehead atoms. The second kappa shape index (κ2) is 19.0. The molecule has 1 N–H and O–H groups in total. The Balaban J connectivity index is 3.78. The first-order valence-electron chi connectivity index (χ1n) is 11.7. The quantitative estimate of drug-likeness (QED) is 0.198. The van der Waals surface area contributed by atoms with Gasteiger partial charge in [-0.3, -0.25) is 9.59 Å². The zero-order valence-corrected chi connectivity index (χ0v) is 18.8. The van der Waals surface area contributed by atoms with Gasteiger partial charge in [-0.15, -0.1) is 0 Å². The van der Waals surface area contributed by atoms with Crippen LogP contribution in [0, 0.1) is 5.92 Å². The van der Waals surface area contributed by atoms with Crippen molar-refractivity contribution in [3.8, 4) is 0 Å². The number of carbonyl (C=O) groups excluding carboxylic acids is 1. The summed E-state index contributed by atoms with van der Waals surface area (Å²) in [6, 6.07) is 0. The van der Waals surface area contributed by atoms with Crippen LogP contribution in [0.2, 0.25) is 0 Å². The molecule has 0 aromatic carbocycles. The van der Waals surface area contributed by atoms with Crippen molar-refractivity contribution in [1.29, 1.82) is 0 Å². The third kappa shape index (κ3) is 14.7. The molecule has 1 unspecified atom stereocenters. The molecule has 0 aliphatic rings. The molecule has 0 aromatic heterocycles. The van der Waals surface area contributed by atoms with Crippen LogP contribution in [0.25, 0.3) is 0 Å². The highest BCUT2D eigenvalue weighted by Crippen LogP contribution is 2.18. The lowest BCUT2D eigenvalue weighted by atomic mass is 9.95. The Morgan fingerprint density at radius 1 is 0.786 bits per heavy atom. The number of nitrogens with zero attached hydrogens (tertiary/aromatic N) is 1. The number of allylic oxidation sites excluding steroid dienone is 2. The summed E-state index contributed by atoms with van der Waals surface area (Å²) >= 11 is 0. The monoisotopic (exact) mass is 395 g/mol. The molecule has 164 valence electrons. The molecule has 0 spiro atoms. The summed E-state index contributed by atoms with van der Waals surface area (Å²) in [5, 5.41) is 9.10. The molecule has 4 heteroatoms. The van der Waals surface area contributed by atoms with Crippen LogP contribution in [0.5, 0.6) is 0 Å². The van der Waals surface area contributed by atoms with Crippen LogP contribution in [0.1, 0.15) is 111 Å². The minimum atomic E-state index is -0.871. The summed E-state index contributed by atoms with van der Waals surface area (Å²) in [5.74, 6) is -1.22. The largest absolute Gasteiger partial charge is 0.481 e. The molecule has 1 amide bonds. The summed E-state index contributed by atoms with van der Waals surface area (Å²) in [6.07, 6.45) is 20.1. The van der Waals surface area contributed by atoms with Crippen molar-refractivity contribution < 1.29 is 14.7 Å². The van der Waals surface area contributed by atoms with Crippen molar-refractivity contribution in [3.63, 3.8) is 0 Å². The Bertz CT molecular complexity index is 416. The number of carboxylic acids is 1. The number of amides is 1. The summed E-state index contributed by atoms with van der Waals surface area (Å²) in [5.41, 5.74) is 0. The Hall–Kier alpha value is -1.32. The molecule has 1 atom stereocenters. The van der Waals surface area contributed by atoms with E-state index >= 15 is 0 Å². The van der Waals surface area contributed by atoms with E-state index in [1.807, 2.05) is 13.8 Å². The van der Waals surface area contributed by atoms with Gasteiger partial charge in [0.1, 0.15) is 0 Å². The van der Waals surface area contributed by atoms with Gasteiger partial charge in [0.05, 0.1) is 6.42 Å². The third-order valence-corrected chi connectivity index (χ3v) is 5.41. The molecule has 0 fully saturated rings. The molecule has 4 nitrogen and oxygen atoms in total. The SMILES string of the molecule is CCCCCC/C=C/CCCCCCCCC(CC(=O)O)C(=O)N(CC)CC. The number of rotatable bonds is 19. The van der Waals surface area contributed by atoms with Crippen LogP contribution < -0.4 is 0 Å². The van der Waals surface area contributed by atoms with Gasteiger partial charge in [-0.05, 0) is 46.0 Å². The number of hydrogen-bond donors (Lipinski definition) is 1. The van der Waals surface area contributed by atoms with Gasteiger partial charge in [-0.2, -0.15) is 0 Å². The van der Waals surface area contributed by atoms with Crippen molar-refractivity contribution in [3.05, 3.63) is 12.2 Å². The standard InChI is InChI=1S/C24H45NO3/c1-4-7-8-9-10-11-12-13-14-15-16-17-18-19-20-22(21-23(26)27)24(28)25(5-2)6-3/h11-12,22H,4-10,13-21H2,1-3H3,(H,26,27)/b12-11+. The van der Waals surface area contributed by atoms with Crippen LogP contribution in [0.4, 0.5) is 0 Å². The van der Waals surface area contributed by atoms with E-state index in [4.69, 9.17) is 5.11 Å². The zero-order valence-electron chi connectivity index (χ0n) is 18.8. The van der Waals surface area contributed by atoms with E-state index < -0.39 is 5.97 Å². The summed E-state index contributed by atoms with van der Waals surface area (Å²) in [6.45, 7) is 7.44. The van der Waals surface area contributed by atoms with Gasteiger partial charge in [-0.1, -0.05) is 70.4 Å². The maximum Gasteiger partial charge on any atom is 0.304 e. The van der Waals surface area contributed by atoms with Gasteiger partial charge in [0, 0.05) is 19.0 Å². The Morgan fingerprint density at radius 3 is 1.79 bits per heavy atom. The average Bonchev–Trinajstić information content (AvgIpc) is 2.67. The first kappa shape index (κ1) is 26.7. The lowest BCUT2D eigenvalue weighted by molar-refractivity contribution is -0.144. The van der Waals surface area contributed by atoms with Crippen LogP contribution >= 0.6 is 0 Å². The molecule has 28 heavy (non-hydrogen) atoms. The van der Waals surface area contributed by atoms with Gasteiger partial charge in [0.15, 0.2) is 0 Å². The fourth-order valence-electron chi connectivity index (χ4n) is 3.60. The van der Waals surface area contributed by atoms with E-state index in [1.54, 1.807) is 4.90 Å². The number of unbranched alkanes of at least 4 members (excludes halogenated alkanes) is 10. The molecule has 0 saturated heterocycles. The number of carboxylic acid groups (broad SMARTS) is 1. The van der Waals surface area contributed by atoms with Crippen LogP contribution in [-0.4, -0.2) is 35.0 Å². The molecular formula is C24H45NO3. The smallest absolute Gasteiger partial charge is 0.304 e. The zero-order chi connectivity index (χ0) is 21.0. The van der Waals surface area contributed by atoms with E-state index in [0.29, 0.717) is 19.5 Å². The Morgan fingerprint density at radius 2 is 1.29 bits per heavy atom. The normalized spacial score (nSPS) is 12.4. The number of hydrogen-bond acceptors (Lipinski definition) is 2. The summed E-state index contributed by atoms with van der Waals surface area (Å²) < 4.78 is 0. The van der Waals surface area contributed by atoms with E-state index in [2.05, 4.69) is 19.1 Å². The van der Waals surface area contributed by atoms with Crippen molar-refractivity contribution in [2.24, 2.45) is 5.92 Å². The van der Waals surface area contributed by atoms with Crippen LogP contribution in [0.15, 0.2) is 12.2 Å². The molecule has 0 radical (unpaired) electrons. The molecular weight excluding hydrogens is 350 g/mol. The minimum Gasteiger partial charge on any atom is -0.481 e. The fraction of sp³-hybridized carbons (Fsp3) is 0.833. The predicted octanol–water partition coefficient (Wildman–Crippen LogP) is 6.59. The van der Waals surface area contributed by atoms with Gasteiger partial charge in [-0.25, -0.2) is 0 Å². The van der Waals surface area contributed by atoms with E-state index in [9.17, 15) is 9.59 Å². The molecule has 0 rings (SSSR count). The predicted molar refractivity (Wildman–Crippen MR) is 119 cm³/mol. The van der Waals surface area contributed by atoms with Crippen LogP contribution in [0.3, 0.4) is 0 Å². The molecule has 0 aliphatic carbocycles. The first-order valence-corrected chi connectivity index (χ1v) is 11.7. The van der Waals surface area contributed by atoms with Gasteiger partial charge in [0.2, 0.25) is 5.91 Å². The highest BCUT2D eigenvalue weighted by Gasteiger charge is 2.24.